The van der Waals surface area contributed by atoms with E-state index in [2.05, 4.69) is 12.2 Å². The first kappa shape index (κ1) is 54.9. The van der Waals surface area contributed by atoms with Gasteiger partial charge < -0.3 is 65.1 Å². The van der Waals surface area contributed by atoms with Gasteiger partial charge >= 0.3 is 0 Å². The third-order valence-electron chi connectivity index (χ3n) is 12.0. The maximum Gasteiger partial charge on any atom is 0.220 e. The second-order valence-corrected chi connectivity index (χ2v) is 17.2. The predicted octanol–water partition coefficient (Wildman–Crippen LogP) is 5.21. The predicted molar refractivity (Wildman–Crippen MR) is 231 cm³/mol. The summed E-state index contributed by atoms with van der Waals surface area (Å²) in [6.45, 7) is 2.60. The number of aliphatic hydroxyl groups is 8. The van der Waals surface area contributed by atoms with Gasteiger partial charge in [-0.25, -0.2) is 0 Å². The Labute approximate surface area is 361 Å². The summed E-state index contributed by atoms with van der Waals surface area (Å²) in [5.74, 6) is -0.264. The molecule has 0 bridgehead atoms. The molecule has 9 N–H and O–H groups in total. The topological polar surface area (TPSA) is 228 Å². The number of carbonyl (C=O) groups is 1. The van der Waals surface area contributed by atoms with Gasteiger partial charge in [-0.1, -0.05) is 167 Å². The summed E-state index contributed by atoms with van der Waals surface area (Å²) < 4.78 is 22.5. The number of rotatable bonds is 36. The lowest BCUT2D eigenvalue weighted by atomic mass is 9.97. The molecule has 12 atom stereocenters. The third kappa shape index (κ3) is 21.9. The molecule has 2 rings (SSSR count). The van der Waals surface area contributed by atoms with E-state index in [1.807, 2.05) is 13.0 Å². The normalized spacial score (nSPS) is 28.3. The lowest BCUT2D eigenvalue weighted by molar-refractivity contribution is -0.359. The number of allylic oxidation sites excluding steroid dienone is 1. The van der Waals surface area contributed by atoms with Crippen molar-refractivity contribution < 1.29 is 64.6 Å². The highest BCUT2D eigenvalue weighted by atomic mass is 16.7. The van der Waals surface area contributed by atoms with E-state index < -0.39 is 86.8 Å². The molecule has 354 valence electrons. The summed E-state index contributed by atoms with van der Waals surface area (Å²) in [5, 5.41) is 86.0. The molecule has 12 unspecified atom stereocenters. The number of hydrogen-bond donors (Lipinski definition) is 9. The molecule has 2 aliphatic rings. The molecule has 14 heteroatoms. The molecule has 60 heavy (non-hydrogen) atoms. The van der Waals surface area contributed by atoms with Gasteiger partial charge in [0.05, 0.1) is 32.0 Å². The Bertz CT molecular complexity index is 1070. The molecular weight excluding hydrogens is 775 g/mol. The lowest BCUT2D eigenvalue weighted by Crippen LogP contribution is -2.65. The minimum absolute atomic E-state index is 0.264. The fraction of sp³-hybridized carbons (Fsp3) is 0.935. The molecule has 14 nitrogen and oxygen atoms in total. The molecule has 2 saturated heterocycles. The van der Waals surface area contributed by atoms with E-state index in [4.69, 9.17) is 18.9 Å². The standard InChI is InChI=1S/C46H87NO13/c1-3-5-7-8-9-10-11-12-13-14-15-16-17-18-19-20-21-22-23-24-25-26-28-29-35(50)34(47-38(51)30-27-6-4-2)33-57-45-43(56)41(54)44(37(32-49)59-45)60-46-42(55)40(53)39(52)36(31-48)58-46/h28-29,34-37,39-46,48-50,52-56H,3-27,30-33H2,1-2H3,(H,47,51)/b29-28+. The van der Waals surface area contributed by atoms with E-state index in [9.17, 15) is 45.6 Å². The van der Waals surface area contributed by atoms with Gasteiger partial charge in [-0.05, 0) is 19.3 Å². The molecule has 0 aromatic carbocycles. The monoisotopic (exact) mass is 862 g/mol. The smallest absolute Gasteiger partial charge is 0.220 e. The molecular formula is C46H87NO13. The van der Waals surface area contributed by atoms with E-state index in [1.54, 1.807) is 6.08 Å². The van der Waals surface area contributed by atoms with Gasteiger partial charge in [0.2, 0.25) is 5.91 Å². The Balaban J connectivity index is 1.69. The molecule has 0 spiro atoms. The zero-order valence-electron chi connectivity index (χ0n) is 37.2. The van der Waals surface area contributed by atoms with Gasteiger partial charge in [0.25, 0.3) is 0 Å². The van der Waals surface area contributed by atoms with Gasteiger partial charge in [-0.2, -0.15) is 0 Å². The first-order valence-electron chi connectivity index (χ1n) is 23.9. The SMILES string of the molecule is CCCCCCCCCCCCCCCCCCCCCCC/C=C/C(O)C(COC1OC(CO)C(OC2OC(CO)C(O)C(O)C2O)C(O)C1O)NC(=O)CCCCC. The molecule has 2 heterocycles. The van der Waals surface area contributed by atoms with Crippen molar-refractivity contribution in [3.63, 3.8) is 0 Å². The Morgan fingerprint density at radius 2 is 1.03 bits per heavy atom. The highest BCUT2D eigenvalue weighted by Gasteiger charge is 2.51. The molecule has 0 radical (unpaired) electrons. The number of nitrogens with one attached hydrogen (secondary N) is 1. The number of aliphatic hydroxyl groups excluding tert-OH is 8. The van der Waals surface area contributed by atoms with Crippen LogP contribution in [0.1, 0.15) is 181 Å². The quantitative estimate of drug-likeness (QED) is 0.0292. The van der Waals surface area contributed by atoms with Crippen molar-refractivity contribution in [3.05, 3.63) is 12.2 Å². The average molecular weight is 862 g/mol. The van der Waals surface area contributed by atoms with E-state index >= 15 is 0 Å². The van der Waals surface area contributed by atoms with Crippen molar-refractivity contribution in [1.29, 1.82) is 0 Å². The van der Waals surface area contributed by atoms with Gasteiger partial charge in [0.15, 0.2) is 12.6 Å². The van der Waals surface area contributed by atoms with Crippen molar-refractivity contribution in [2.24, 2.45) is 0 Å². The van der Waals surface area contributed by atoms with Crippen LogP contribution in [0.25, 0.3) is 0 Å². The van der Waals surface area contributed by atoms with E-state index in [-0.39, 0.29) is 18.9 Å². The van der Waals surface area contributed by atoms with Crippen LogP contribution in [0.15, 0.2) is 12.2 Å². The number of hydrogen-bond acceptors (Lipinski definition) is 13. The van der Waals surface area contributed by atoms with Gasteiger partial charge in [-0.15, -0.1) is 0 Å². The third-order valence-corrected chi connectivity index (χ3v) is 12.0. The molecule has 2 fully saturated rings. The zero-order chi connectivity index (χ0) is 44.0. The van der Waals surface area contributed by atoms with E-state index in [0.717, 1.165) is 32.1 Å². The fourth-order valence-corrected chi connectivity index (χ4v) is 8.00. The van der Waals surface area contributed by atoms with Crippen molar-refractivity contribution in [2.75, 3.05) is 19.8 Å². The summed E-state index contributed by atoms with van der Waals surface area (Å²) in [6.07, 6.45) is 18.0. The summed E-state index contributed by atoms with van der Waals surface area (Å²) in [6, 6.07) is -0.904. The number of carbonyl (C=O) groups excluding carboxylic acids is 1. The Morgan fingerprint density at radius 3 is 1.53 bits per heavy atom. The van der Waals surface area contributed by atoms with Crippen LogP contribution in [0.3, 0.4) is 0 Å². The number of amides is 1. The molecule has 0 aliphatic carbocycles. The van der Waals surface area contributed by atoms with Crippen LogP contribution in [0.5, 0.6) is 0 Å². The second-order valence-electron chi connectivity index (χ2n) is 17.2. The summed E-state index contributed by atoms with van der Waals surface area (Å²) in [4.78, 5) is 12.8. The van der Waals surface area contributed by atoms with Crippen LogP contribution in [-0.2, 0) is 23.7 Å². The van der Waals surface area contributed by atoms with Crippen molar-refractivity contribution in [3.8, 4) is 0 Å². The van der Waals surface area contributed by atoms with Crippen LogP contribution in [0, 0.1) is 0 Å². The molecule has 0 saturated carbocycles. The summed E-state index contributed by atoms with van der Waals surface area (Å²) in [5.41, 5.74) is 0. The first-order valence-corrected chi connectivity index (χ1v) is 23.9. The Morgan fingerprint density at radius 1 is 0.583 bits per heavy atom. The van der Waals surface area contributed by atoms with Crippen LogP contribution < -0.4 is 5.32 Å². The van der Waals surface area contributed by atoms with Crippen molar-refractivity contribution in [2.45, 2.75) is 254 Å². The van der Waals surface area contributed by atoms with Gasteiger partial charge in [0, 0.05) is 6.42 Å². The molecule has 0 aromatic heterocycles. The van der Waals surface area contributed by atoms with Gasteiger partial charge in [0.1, 0.15) is 48.8 Å². The molecule has 2 aliphatic heterocycles. The van der Waals surface area contributed by atoms with Crippen LogP contribution >= 0.6 is 0 Å². The van der Waals surface area contributed by atoms with E-state index in [0.29, 0.717) is 6.42 Å². The van der Waals surface area contributed by atoms with Gasteiger partial charge in [-0.3, -0.25) is 4.79 Å². The minimum atomic E-state index is -1.78. The highest BCUT2D eigenvalue weighted by Crippen LogP contribution is 2.30. The van der Waals surface area contributed by atoms with Crippen LogP contribution in [-0.4, -0.2) is 140 Å². The first-order chi connectivity index (χ1) is 29.1. The maximum absolute atomic E-state index is 12.8. The lowest BCUT2D eigenvalue weighted by Gasteiger charge is -2.46. The summed E-state index contributed by atoms with van der Waals surface area (Å²) in [7, 11) is 0. The van der Waals surface area contributed by atoms with E-state index in [1.165, 1.54) is 122 Å². The zero-order valence-corrected chi connectivity index (χ0v) is 37.2. The number of ether oxygens (including phenoxy) is 4. The maximum atomic E-state index is 12.8. The highest BCUT2D eigenvalue weighted by molar-refractivity contribution is 5.76. The van der Waals surface area contributed by atoms with Crippen molar-refractivity contribution >= 4 is 5.91 Å². The Kier molecular flexibility index (Phi) is 31.3. The summed E-state index contributed by atoms with van der Waals surface area (Å²) >= 11 is 0. The largest absolute Gasteiger partial charge is 0.394 e. The van der Waals surface area contributed by atoms with Crippen molar-refractivity contribution in [1.82, 2.24) is 5.32 Å². The fourth-order valence-electron chi connectivity index (χ4n) is 8.00. The Hall–Kier alpha value is -1.27. The van der Waals surface area contributed by atoms with Crippen LogP contribution in [0.2, 0.25) is 0 Å². The minimum Gasteiger partial charge on any atom is -0.394 e. The molecule has 0 aromatic rings. The van der Waals surface area contributed by atoms with Crippen LogP contribution in [0.4, 0.5) is 0 Å². The average Bonchev–Trinajstić information content (AvgIpc) is 3.24. The number of unbranched alkanes of at least 4 members (excludes halogenated alkanes) is 23. The second kappa shape index (κ2) is 34.2. The molecule has 1 amide bonds.